The number of rotatable bonds is 6. The van der Waals surface area contributed by atoms with Crippen molar-refractivity contribution in [2.45, 2.75) is 25.6 Å². The van der Waals surface area contributed by atoms with Gasteiger partial charge in [-0.1, -0.05) is 54.2 Å². The van der Waals surface area contributed by atoms with E-state index in [-0.39, 0.29) is 11.7 Å². The number of ether oxygens (including phenoxy) is 1. The maximum absolute atomic E-state index is 12.7. The molecule has 30 heavy (non-hydrogen) atoms. The molecule has 0 radical (unpaired) electrons. The van der Waals surface area contributed by atoms with E-state index in [0.717, 1.165) is 22.0 Å². The lowest BCUT2D eigenvalue weighted by Crippen LogP contribution is -2.32. The molecule has 0 aliphatic carbocycles. The summed E-state index contributed by atoms with van der Waals surface area (Å²) in [6.45, 7) is 3.97. The second-order valence-electron chi connectivity index (χ2n) is 6.72. The molecule has 2 aromatic rings. The monoisotopic (exact) mass is 425 g/mol. The highest BCUT2D eigenvalue weighted by Gasteiger charge is 2.32. The quantitative estimate of drug-likeness (QED) is 0.379. The first-order valence-corrected chi connectivity index (χ1v) is 10.5. The summed E-state index contributed by atoms with van der Waals surface area (Å²) in [5.41, 5.74) is 3.27. The number of amidine groups is 1. The molecule has 1 aliphatic rings. The van der Waals surface area contributed by atoms with E-state index in [9.17, 15) is 14.9 Å². The first-order chi connectivity index (χ1) is 14.4. The molecule has 156 valence electrons. The van der Waals surface area contributed by atoms with Crippen molar-refractivity contribution in [3.05, 3.63) is 87.1 Å². The van der Waals surface area contributed by atoms with Gasteiger partial charge in [-0.2, -0.15) is 0 Å². The fraction of sp³-hybridized carbons (Fsp3) is 0.273. The van der Waals surface area contributed by atoms with Gasteiger partial charge in [0.05, 0.1) is 17.1 Å². The van der Waals surface area contributed by atoms with Crippen molar-refractivity contribution in [1.82, 2.24) is 4.90 Å². The van der Waals surface area contributed by atoms with Crippen molar-refractivity contribution in [2.24, 2.45) is 4.99 Å². The predicted molar refractivity (Wildman–Crippen MR) is 118 cm³/mol. The molecule has 1 atom stereocenters. The van der Waals surface area contributed by atoms with Crippen LogP contribution in [0.5, 0.6) is 0 Å². The van der Waals surface area contributed by atoms with Gasteiger partial charge in [0.2, 0.25) is 0 Å². The van der Waals surface area contributed by atoms with Crippen LogP contribution in [0.15, 0.2) is 70.9 Å². The van der Waals surface area contributed by atoms with Crippen LogP contribution >= 0.6 is 11.8 Å². The Kier molecular flexibility index (Phi) is 6.89. The number of carbonyl (C=O) groups is 1. The number of nitro groups is 1. The Hall–Kier alpha value is -3.13. The standard InChI is InChI=1S/C22H23N3O4S/c1-4-29-21(26)19-15(2)24(3)22(23-20(19)17-8-6-5-7-9-17)30-14-16-10-12-18(13-11-16)25(27)28/h5-13,20H,4,14H2,1-3H3. The molecule has 3 rings (SSSR count). The summed E-state index contributed by atoms with van der Waals surface area (Å²) in [4.78, 5) is 29.9. The molecule has 0 bridgehead atoms. The fourth-order valence-corrected chi connectivity index (χ4v) is 4.12. The van der Waals surface area contributed by atoms with Gasteiger partial charge < -0.3 is 9.64 Å². The van der Waals surface area contributed by atoms with Gasteiger partial charge >= 0.3 is 5.97 Å². The molecule has 0 saturated heterocycles. The van der Waals surface area contributed by atoms with Crippen LogP contribution in [-0.4, -0.2) is 34.6 Å². The second kappa shape index (κ2) is 9.58. The predicted octanol–water partition coefficient (Wildman–Crippen LogP) is 4.71. The summed E-state index contributed by atoms with van der Waals surface area (Å²) in [7, 11) is 1.87. The summed E-state index contributed by atoms with van der Waals surface area (Å²) in [5, 5.41) is 11.6. The van der Waals surface area contributed by atoms with Crippen LogP contribution in [0.2, 0.25) is 0 Å². The van der Waals surface area contributed by atoms with Gasteiger partial charge in [-0.25, -0.2) is 9.79 Å². The summed E-state index contributed by atoms with van der Waals surface area (Å²) >= 11 is 1.52. The number of nitro benzene ring substituents is 1. The zero-order valence-corrected chi connectivity index (χ0v) is 17.9. The van der Waals surface area contributed by atoms with Gasteiger partial charge in [0.25, 0.3) is 5.69 Å². The number of carbonyl (C=O) groups excluding carboxylic acids is 1. The summed E-state index contributed by atoms with van der Waals surface area (Å²) in [6.07, 6.45) is 0. The molecule has 2 aromatic carbocycles. The van der Waals surface area contributed by atoms with Crippen LogP contribution in [0, 0.1) is 10.1 Å². The molecule has 7 nitrogen and oxygen atoms in total. The smallest absolute Gasteiger partial charge is 0.338 e. The zero-order valence-electron chi connectivity index (χ0n) is 17.1. The Morgan fingerprint density at radius 3 is 2.47 bits per heavy atom. The minimum Gasteiger partial charge on any atom is -0.463 e. The van der Waals surface area contributed by atoms with Crippen molar-refractivity contribution in [2.75, 3.05) is 13.7 Å². The van der Waals surface area contributed by atoms with Crippen LogP contribution in [-0.2, 0) is 15.3 Å². The van der Waals surface area contributed by atoms with Gasteiger partial charge in [0.1, 0.15) is 6.04 Å². The zero-order chi connectivity index (χ0) is 21.7. The first-order valence-electron chi connectivity index (χ1n) is 9.52. The maximum Gasteiger partial charge on any atom is 0.338 e. The number of hydrogen-bond acceptors (Lipinski definition) is 7. The Morgan fingerprint density at radius 2 is 1.87 bits per heavy atom. The number of non-ortho nitro benzene ring substituents is 1. The third-order valence-electron chi connectivity index (χ3n) is 4.82. The Balaban J connectivity index is 1.87. The normalized spacial score (nSPS) is 16.3. The second-order valence-corrected chi connectivity index (χ2v) is 7.66. The average molecular weight is 426 g/mol. The molecule has 0 aromatic heterocycles. The number of thioether (sulfide) groups is 1. The molecule has 1 unspecified atom stereocenters. The van der Waals surface area contributed by atoms with E-state index in [1.54, 1.807) is 19.1 Å². The van der Waals surface area contributed by atoms with E-state index < -0.39 is 11.0 Å². The molecular weight excluding hydrogens is 402 g/mol. The van der Waals surface area contributed by atoms with E-state index in [0.29, 0.717) is 17.9 Å². The van der Waals surface area contributed by atoms with Gasteiger partial charge in [-0.05, 0) is 25.0 Å². The van der Waals surface area contributed by atoms with Crippen molar-refractivity contribution in [1.29, 1.82) is 0 Å². The topological polar surface area (TPSA) is 85.0 Å². The van der Waals surface area contributed by atoms with Crippen LogP contribution in [0.4, 0.5) is 5.69 Å². The number of allylic oxidation sites excluding steroid dienone is 1. The van der Waals surface area contributed by atoms with Gasteiger partial charge in [-0.3, -0.25) is 10.1 Å². The van der Waals surface area contributed by atoms with Crippen LogP contribution < -0.4 is 0 Å². The molecular formula is C22H23N3O4S. The number of nitrogens with zero attached hydrogens (tertiary/aromatic N) is 3. The summed E-state index contributed by atoms with van der Waals surface area (Å²) in [5.74, 6) is 0.240. The Labute approximate surface area is 179 Å². The van der Waals surface area contributed by atoms with E-state index in [1.807, 2.05) is 49.2 Å². The molecule has 0 amide bonds. The lowest BCUT2D eigenvalue weighted by Gasteiger charge is -2.32. The highest BCUT2D eigenvalue weighted by Crippen LogP contribution is 2.36. The van der Waals surface area contributed by atoms with Gasteiger partial charge in [0.15, 0.2) is 5.17 Å². The van der Waals surface area contributed by atoms with E-state index >= 15 is 0 Å². The van der Waals surface area contributed by atoms with E-state index in [4.69, 9.17) is 9.73 Å². The number of benzene rings is 2. The summed E-state index contributed by atoms with van der Waals surface area (Å²) in [6, 6.07) is 15.7. The number of esters is 1. The van der Waals surface area contributed by atoms with E-state index in [1.165, 1.54) is 23.9 Å². The molecule has 1 heterocycles. The minimum atomic E-state index is -0.444. The SMILES string of the molecule is CCOC(=O)C1=C(C)N(C)C(SCc2ccc([N+](=O)[O-])cc2)=NC1c1ccccc1. The largest absolute Gasteiger partial charge is 0.463 e. The fourth-order valence-electron chi connectivity index (χ4n) is 3.12. The highest BCUT2D eigenvalue weighted by atomic mass is 32.2. The van der Waals surface area contributed by atoms with Crippen molar-refractivity contribution in [3.63, 3.8) is 0 Å². The van der Waals surface area contributed by atoms with Gasteiger partial charge in [0, 0.05) is 30.6 Å². The number of aliphatic imine (C=N–C) groups is 1. The lowest BCUT2D eigenvalue weighted by molar-refractivity contribution is -0.384. The molecule has 0 spiro atoms. The van der Waals surface area contributed by atoms with Crippen LogP contribution in [0.3, 0.4) is 0 Å². The molecule has 0 N–H and O–H groups in total. The molecule has 8 heteroatoms. The van der Waals surface area contributed by atoms with Crippen LogP contribution in [0.25, 0.3) is 0 Å². The number of hydrogen-bond donors (Lipinski definition) is 0. The summed E-state index contributed by atoms with van der Waals surface area (Å²) < 4.78 is 5.29. The average Bonchev–Trinajstić information content (AvgIpc) is 2.75. The first kappa shape index (κ1) is 21.6. The minimum absolute atomic E-state index is 0.0675. The Morgan fingerprint density at radius 1 is 1.20 bits per heavy atom. The molecule has 0 saturated carbocycles. The van der Waals surface area contributed by atoms with Crippen molar-refractivity contribution < 1.29 is 14.5 Å². The van der Waals surface area contributed by atoms with E-state index in [2.05, 4.69) is 0 Å². The third kappa shape index (κ3) is 4.71. The molecule has 0 fully saturated rings. The molecule has 1 aliphatic heterocycles. The van der Waals surface area contributed by atoms with Crippen molar-refractivity contribution in [3.8, 4) is 0 Å². The third-order valence-corrected chi connectivity index (χ3v) is 5.93. The van der Waals surface area contributed by atoms with Crippen molar-refractivity contribution >= 4 is 28.6 Å². The lowest BCUT2D eigenvalue weighted by atomic mass is 9.96. The van der Waals surface area contributed by atoms with Gasteiger partial charge in [-0.15, -0.1) is 0 Å². The maximum atomic E-state index is 12.7. The van der Waals surface area contributed by atoms with Crippen LogP contribution in [0.1, 0.15) is 31.0 Å². The highest BCUT2D eigenvalue weighted by molar-refractivity contribution is 8.13. The Bertz CT molecular complexity index is 987.